The van der Waals surface area contributed by atoms with Gasteiger partial charge in [-0.25, -0.2) is 15.0 Å². The lowest BCUT2D eigenvalue weighted by atomic mass is 10.0. The second-order valence-corrected chi connectivity index (χ2v) is 8.40. The van der Waals surface area contributed by atoms with Gasteiger partial charge in [0.2, 0.25) is 5.91 Å². The number of fused-ring (bicyclic) bond motifs is 1. The fourth-order valence-corrected chi connectivity index (χ4v) is 4.19. The van der Waals surface area contributed by atoms with E-state index in [1.165, 1.54) is 0 Å². The quantitative estimate of drug-likeness (QED) is 0.443. The molecule has 35 heavy (non-hydrogen) atoms. The fourth-order valence-electron chi connectivity index (χ4n) is 4.19. The minimum atomic E-state index is -0.309. The standard InChI is InChI=1S/C26H27N7O2/c1-17(18-6-4-3-5-7-18)26(34)31-22-14-19(8-9-29-22)24-30-20-15-28-16-21(35-2)23(20)25(32-24)33-12-10-27-11-13-33/h3-9,14-17,27H,10-13H2,1-2H3,(H,29,31,34)/t17-/m0/s1. The van der Waals surface area contributed by atoms with Gasteiger partial charge in [0.25, 0.3) is 0 Å². The number of hydrogen-bond donors (Lipinski definition) is 2. The summed E-state index contributed by atoms with van der Waals surface area (Å²) in [5.41, 5.74) is 2.40. The molecule has 0 saturated carbocycles. The molecule has 3 aromatic heterocycles. The number of nitrogens with one attached hydrogen (secondary N) is 2. The number of anilines is 2. The molecular formula is C26H27N7O2. The molecular weight excluding hydrogens is 442 g/mol. The zero-order valence-corrected chi connectivity index (χ0v) is 19.7. The number of amides is 1. The van der Waals surface area contributed by atoms with E-state index in [9.17, 15) is 4.79 Å². The van der Waals surface area contributed by atoms with Crippen molar-refractivity contribution in [3.8, 4) is 17.1 Å². The molecule has 178 valence electrons. The molecule has 0 unspecified atom stereocenters. The number of pyridine rings is 2. The van der Waals surface area contributed by atoms with E-state index in [0.29, 0.717) is 22.9 Å². The van der Waals surface area contributed by atoms with E-state index in [-0.39, 0.29) is 11.8 Å². The van der Waals surface area contributed by atoms with Crippen molar-refractivity contribution >= 4 is 28.4 Å². The number of carbonyl (C=O) groups is 1. The van der Waals surface area contributed by atoms with E-state index in [1.54, 1.807) is 31.8 Å². The van der Waals surface area contributed by atoms with E-state index in [1.807, 2.05) is 43.3 Å². The lowest BCUT2D eigenvalue weighted by Crippen LogP contribution is -2.44. The van der Waals surface area contributed by atoms with E-state index in [2.05, 4.69) is 25.5 Å². The Labute approximate surface area is 203 Å². The van der Waals surface area contributed by atoms with Crippen LogP contribution in [0.2, 0.25) is 0 Å². The highest BCUT2D eigenvalue weighted by atomic mass is 16.5. The van der Waals surface area contributed by atoms with Crippen LogP contribution in [0, 0.1) is 0 Å². The lowest BCUT2D eigenvalue weighted by Gasteiger charge is -2.29. The van der Waals surface area contributed by atoms with Gasteiger partial charge in [-0.3, -0.25) is 9.78 Å². The van der Waals surface area contributed by atoms with Crippen LogP contribution in [0.25, 0.3) is 22.3 Å². The first-order chi connectivity index (χ1) is 17.1. The predicted molar refractivity (Wildman–Crippen MR) is 136 cm³/mol. The van der Waals surface area contributed by atoms with Crippen molar-refractivity contribution in [1.82, 2.24) is 25.3 Å². The lowest BCUT2D eigenvalue weighted by molar-refractivity contribution is -0.117. The number of methoxy groups -OCH3 is 1. The molecule has 1 aliphatic rings. The zero-order valence-electron chi connectivity index (χ0n) is 19.7. The molecule has 5 rings (SSSR count). The molecule has 1 atom stereocenters. The van der Waals surface area contributed by atoms with Crippen molar-refractivity contribution in [2.24, 2.45) is 0 Å². The summed E-state index contributed by atoms with van der Waals surface area (Å²) in [7, 11) is 1.63. The van der Waals surface area contributed by atoms with E-state index < -0.39 is 0 Å². The fraction of sp³-hybridized carbons (Fsp3) is 0.269. The highest BCUT2D eigenvalue weighted by Gasteiger charge is 2.21. The summed E-state index contributed by atoms with van der Waals surface area (Å²) in [4.78, 5) is 33.4. The molecule has 9 heteroatoms. The molecule has 1 fully saturated rings. The molecule has 1 aliphatic heterocycles. The number of aromatic nitrogens is 4. The maximum Gasteiger partial charge on any atom is 0.232 e. The number of piperazine rings is 1. The Balaban J connectivity index is 1.50. The van der Waals surface area contributed by atoms with Crippen LogP contribution in [0.1, 0.15) is 18.4 Å². The largest absolute Gasteiger partial charge is 0.494 e. The summed E-state index contributed by atoms with van der Waals surface area (Å²) in [6, 6.07) is 13.3. The predicted octanol–water partition coefficient (Wildman–Crippen LogP) is 3.25. The summed E-state index contributed by atoms with van der Waals surface area (Å²) in [6.07, 6.45) is 5.06. The van der Waals surface area contributed by atoms with Gasteiger partial charge in [-0.1, -0.05) is 30.3 Å². The minimum absolute atomic E-state index is 0.129. The molecule has 0 spiro atoms. The molecule has 0 aliphatic carbocycles. The average Bonchev–Trinajstić information content (AvgIpc) is 2.92. The van der Waals surface area contributed by atoms with E-state index in [4.69, 9.17) is 14.7 Å². The Hall–Kier alpha value is -4.11. The normalized spacial score (nSPS) is 14.5. The van der Waals surface area contributed by atoms with Gasteiger partial charge in [-0.15, -0.1) is 0 Å². The Morgan fingerprint density at radius 3 is 2.69 bits per heavy atom. The van der Waals surface area contributed by atoms with Gasteiger partial charge in [-0.05, 0) is 24.6 Å². The third-order valence-corrected chi connectivity index (χ3v) is 6.15. The van der Waals surface area contributed by atoms with Crippen LogP contribution in [0.15, 0.2) is 61.1 Å². The minimum Gasteiger partial charge on any atom is -0.494 e. The molecule has 1 saturated heterocycles. The number of nitrogens with zero attached hydrogens (tertiary/aromatic N) is 5. The van der Waals surface area contributed by atoms with Crippen molar-refractivity contribution < 1.29 is 9.53 Å². The maximum atomic E-state index is 12.8. The second kappa shape index (κ2) is 10.0. The first kappa shape index (κ1) is 22.7. The molecule has 2 N–H and O–H groups in total. The average molecular weight is 470 g/mol. The topological polar surface area (TPSA) is 105 Å². The molecule has 0 bridgehead atoms. The molecule has 4 aromatic rings. The van der Waals surface area contributed by atoms with Gasteiger partial charge < -0.3 is 20.3 Å². The van der Waals surface area contributed by atoms with Crippen LogP contribution in [-0.4, -0.2) is 59.1 Å². The summed E-state index contributed by atoms with van der Waals surface area (Å²) in [5, 5.41) is 7.14. The number of ether oxygens (including phenoxy) is 1. The van der Waals surface area contributed by atoms with Crippen LogP contribution in [-0.2, 0) is 4.79 Å². The molecule has 1 aromatic carbocycles. The number of rotatable bonds is 6. The van der Waals surface area contributed by atoms with Crippen molar-refractivity contribution in [3.63, 3.8) is 0 Å². The van der Waals surface area contributed by atoms with Crippen molar-refractivity contribution in [1.29, 1.82) is 0 Å². The SMILES string of the molecule is COc1cncc2nc(-c3ccnc(NC(=O)[C@@H](C)c4ccccc4)c3)nc(N3CCNCC3)c12. The van der Waals surface area contributed by atoms with Gasteiger partial charge in [0, 0.05) is 37.9 Å². The van der Waals surface area contributed by atoms with Crippen LogP contribution < -0.4 is 20.3 Å². The van der Waals surface area contributed by atoms with Crippen molar-refractivity contribution in [2.45, 2.75) is 12.8 Å². The third kappa shape index (κ3) is 4.76. The summed E-state index contributed by atoms with van der Waals surface area (Å²) in [6.45, 7) is 5.28. The smallest absolute Gasteiger partial charge is 0.232 e. The number of hydrogen-bond acceptors (Lipinski definition) is 8. The first-order valence-corrected chi connectivity index (χ1v) is 11.6. The number of benzene rings is 1. The Morgan fingerprint density at radius 2 is 1.91 bits per heavy atom. The zero-order chi connectivity index (χ0) is 24.2. The molecule has 0 radical (unpaired) electrons. The Bertz CT molecular complexity index is 1340. The van der Waals surface area contributed by atoms with Gasteiger partial charge in [-0.2, -0.15) is 0 Å². The van der Waals surface area contributed by atoms with Crippen LogP contribution in [0.5, 0.6) is 5.75 Å². The second-order valence-electron chi connectivity index (χ2n) is 8.40. The number of carbonyl (C=O) groups excluding carboxylic acids is 1. The third-order valence-electron chi connectivity index (χ3n) is 6.15. The van der Waals surface area contributed by atoms with Gasteiger partial charge in [0.05, 0.1) is 36.3 Å². The summed E-state index contributed by atoms with van der Waals surface area (Å²) in [5.74, 6) is 2.00. The van der Waals surface area contributed by atoms with E-state index >= 15 is 0 Å². The van der Waals surface area contributed by atoms with Crippen LogP contribution >= 0.6 is 0 Å². The molecule has 4 heterocycles. The maximum absolute atomic E-state index is 12.8. The highest BCUT2D eigenvalue weighted by molar-refractivity contribution is 5.97. The van der Waals surface area contributed by atoms with Gasteiger partial charge in [0.1, 0.15) is 17.4 Å². The Morgan fingerprint density at radius 1 is 1.11 bits per heavy atom. The van der Waals surface area contributed by atoms with Crippen molar-refractivity contribution in [3.05, 3.63) is 66.6 Å². The highest BCUT2D eigenvalue weighted by Crippen LogP contribution is 2.34. The summed E-state index contributed by atoms with van der Waals surface area (Å²) >= 11 is 0. The Kier molecular flexibility index (Phi) is 6.49. The van der Waals surface area contributed by atoms with Crippen molar-refractivity contribution in [2.75, 3.05) is 43.5 Å². The van der Waals surface area contributed by atoms with E-state index in [0.717, 1.165) is 48.5 Å². The first-order valence-electron chi connectivity index (χ1n) is 11.6. The summed E-state index contributed by atoms with van der Waals surface area (Å²) < 4.78 is 5.58. The van der Waals surface area contributed by atoms with Gasteiger partial charge in [0.15, 0.2) is 5.82 Å². The molecule has 1 amide bonds. The van der Waals surface area contributed by atoms with Crippen LogP contribution in [0.3, 0.4) is 0 Å². The monoisotopic (exact) mass is 469 g/mol. The van der Waals surface area contributed by atoms with Gasteiger partial charge >= 0.3 is 0 Å². The van der Waals surface area contributed by atoms with Crippen LogP contribution in [0.4, 0.5) is 11.6 Å². The molecule has 9 nitrogen and oxygen atoms in total.